The molecular formula is C24H24BrN5O. The number of aromatic nitrogens is 4. The van der Waals surface area contributed by atoms with Crippen LogP contribution in [0, 0.1) is 20.8 Å². The van der Waals surface area contributed by atoms with Crippen molar-refractivity contribution in [3.63, 3.8) is 0 Å². The Morgan fingerprint density at radius 2 is 1.94 bits per heavy atom. The van der Waals surface area contributed by atoms with E-state index in [4.69, 9.17) is 4.98 Å². The largest absolute Gasteiger partial charge is 0.303 e. The summed E-state index contributed by atoms with van der Waals surface area (Å²) in [6, 6.07) is 11.6. The molecule has 7 heteroatoms. The van der Waals surface area contributed by atoms with Gasteiger partial charge in [0.1, 0.15) is 11.6 Å². The molecule has 3 aromatic heterocycles. The van der Waals surface area contributed by atoms with Crippen LogP contribution in [-0.4, -0.2) is 25.4 Å². The second kappa shape index (κ2) is 8.59. The first-order chi connectivity index (χ1) is 14.9. The molecule has 0 saturated heterocycles. The number of rotatable bonds is 5. The fourth-order valence-electron chi connectivity index (χ4n) is 3.73. The van der Waals surface area contributed by atoms with Gasteiger partial charge in [0.05, 0.1) is 17.1 Å². The average Bonchev–Trinajstić information content (AvgIpc) is 3.02. The van der Waals surface area contributed by atoms with Gasteiger partial charge in [-0.25, -0.2) is 9.97 Å². The van der Waals surface area contributed by atoms with Crippen molar-refractivity contribution in [2.75, 3.05) is 0 Å². The summed E-state index contributed by atoms with van der Waals surface area (Å²) in [4.78, 5) is 22.4. The maximum atomic E-state index is 13.2. The molecule has 31 heavy (non-hydrogen) atoms. The Morgan fingerprint density at radius 1 is 1.13 bits per heavy atom. The molecule has 158 valence electrons. The minimum atomic E-state index is -0.167. The summed E-state index contributed by atoms with van der Waals surface area (Å²) in [7, 11) is 0. The van der Waals surface area contributed by atoms with Gasteiger partial charge in [-0.2, -0.15) is 9.78 Å². The van der Waals surface area contributed by atoms with Crippen molar-refractivity contribution in [2.24, 2.45) is 5.10 Å². The molecule has 0 spiro atoms. The third-order valence-corrected chi connectivity index (χ3v) is 5.75. The number of hydrogen-bond donors (Lipinski definition) is 0. The lowest BCUT2D eigenvalue weighted by molar-refractivity contribution is 0.703. The Hall–Kier alpha value is -3.06. The third-order valence-electron chi connectivity index (χ3n) is 5.26. The fraction of sp³-hybridized carbons (Fsp3) is 0.250. The molecule has 3 heterocycles. The second-order valence-corrected chi connectivity index (χ2v) is 8.57. The molecule has 0 saturated carbocycles. The molecule has 1 aromatic carbocycles. The van der Waals surface area contributed by atoms with E-state index in [1.165, 1.54) is 4.68 Å². The molecule has 0 atom stereocenters. The Kier molecular flexibility index (Phi) is 5.87. The molecule has 0 amide bonds. The predicted octanol–water partition coefficient (Wildman–Crippen LogP) is 5.10. The molecule has 0 N–H and O–H groups in total. The van der Waals surface area contributed by atoms with Crippen molar-refractivity contribution in [1.29, 1.82) is 0 Å². The zero-order valence-corrected chi connectivity index (χ0v) is 19.6. The maximum absolute atomic E-state index is 13.2. The van der Waals surface area contributed by atoms with Gasteiger partial charge in [-0.3, -0.25) is 4.79 Å². The number of pyridine rings is 1. The minimum absolute atomic E-state index is 0.167. The summed E-state index contributed by atoms with van der Waals surface area (Å²) in [5.41, 5.74) is 4.67. The van der Waals surface area contributed by atoms with E-state index < -0.39 is 0 Å². The van der Waals surface area contributed by atoms with Crippen LogP contribution in [0.1, 0.15) is 41.7 Å². The highest BCUT2D eigenvalue weighted by Gasteiger charge is 2.13. The zero-order valence-electron chi connectivity index (χ0n) is 18.1. The molecule has 0 aliphatic carbocycles. The monoisotopic (exact) mass is 477 g/mol. The van der Waals surface area contributed by atoms with Crippen LogP contribution in [0.5, 0.6) is 0 Å². The Balaban J connectivity index is 1.82. The molecule has 0 aliphatic heterocycles. The lowest BCUT2D eigenvalue weighted by Crippen LogP contribution is -2.22. The van der Waals surface area contributed by atoms with Gasteiger partial charge in [-0.1, -0.05) is 22.9 Å². The highest BCUT2D eigenvalue weighted by atomic mass is 79.9. The van der Waals surface area contributed by atoms with Crippen LogP contribution in [-0.2, 0) is 6.42 Å². The maximum Gasteiger partial charge on any atom is 0.282 e. The van der Waals surface area contributed by atoms with Crippen molar-refractivity contribution in [2.45, 2.75) is 40.5 Å². The van der Waals surface area contributed by atoms with Gasteiger partial charge in [-0.05, 0) is 69.2 Å². The third kappa shape index (κ3) is 4.10. The predicted molar refractivity (Wildman–Crippen MR) is 128 cm³/mol. The first-order valence-electron chi connectivity index (χ1n) is 10.3. The van der Waals surface area contributed by atoms with E-state index in [2.05, 4.69) is 56.6 Å². The van der Waals surface area contributed by atoms with Gasteiger partial charge in [-0.15, -0.1) is 0 Å². The summed E-state index contributed by atoms with van der Waals surface area (Å²) in [6.45, 7) is 8.19. The van der Waals surface area contributed by atoms with Crippen molar-refractivity contribution in [3.8, 4) is 5.82 Å². The van der Waals surface area contributed by atoms with Gasteiger partial charge in [0.15, 0.2) is 0 Å². The quantitative estimate of drug-likeness (QED) is 0.375. The normalized spacial score (nSPS) is 11.6. The molecular weight excluding hydrogens is 454 g/mol. The van der Waals surface area contributed by atoms with Crippen molar-refractivity contribution in [3.05, 3.63) is 85.8 Å². The number of fused-ring (bicyclic) bond motifs is 1. The molecule has 4 aromatic rings. The minimum Gasteiger partial charge on any atom is -0.303 e. The number of nitrogens with zero attached hydrogens (tertiary/aromatic N) is 5. The van der Waals surface area contributed by atoms with Crippen molar-refractivity contribution in [1.82, 2.24) is 19.2 Å². The van der Waals surface area contributed by atoms with Crippen LogP contribution >= 0.6 is 15.9 Å². The van der Waals surface area contributed by atoms with Gasteiger partial charge < -0.3 is 4.57 Å². The summed E-state index contributed by atoms with van der Waals surface area (Å²) in [5, 5.41) is 5.11. The van der Waals surface area contributed by atoms with Gasteiger partial charge in [0.2, 0.25) is 0 Å². The first kappa shape index (κ1) is 21.2. The second-order valence-electron chi connectivity index (χ2n) is 7.65. The average molecular weight is 478 g/mol. The Bertz CT molecular complexity index is 1370. The van der Waals surface area contributed by atoms with Gasteiger partial charge in [0.25, 0.3) is 5.56 Å². The lowest BCUT2D eigenvalue weighted by Gasteiger charge is -2.09. The topological polar surface area (TPSA) is 65.1 Å². The number of hydrogen-bond acceptors (Lipinski definition) is 4. The van der Waals surface area contributed by atoms with Crippen LogP contribution in [0.25, 0.3) is 16.7 Å². The molecule has 6 nitrogen and oxygen atoms in total. The Labute approximate surface area is 189 Å². The highest BCUT2D eigenvalue weighted by Crippen LogP contribution is 2.20. The van der Waals surface area contributed by atoms with E-state index in [-0.39, 0.29) is 5.56 Å². The fourth-order valence-corrected chi connectivity index (χ4v) is 4.09. The first-order valence-corrected chi connectivity index (χ1v) is 11.1. The number of aryl methyl sites for hydroxylation is 3. The molecule has 0 radical (unpaired) electrons. The molecule has 0 fully saturated rings. The number of halogens is 1. The van der Waals surface area contributed by atoms with Crippen LogP contribution in [0.3, 0.4) is 0 Å². The molecule has 0 aliphatic rings. The van der Waals surface area contributed by atoms with Gasteiger partial charge >= 0.3 is 0 Å². The van der Waals surface area contributed by atoms with E-state index in [0.29, 0.717) is 23.1 Å². The van der Waals surface area contributed by atoms with Gasteiger partial charge in [0, 0.05) is 34.0 Å². The van der Waals surface area contributed by atoms with Crippen LogP contribution in [0.15, 0.2) is 57.0 Å². The standard InChI is InChI=1S/C24H24BrN5O/c1-5-6-22-28-21-8-7-19(25)13-20(21)24(31)30(22)27-14-18-12-16(3)29(17(18)4)23-11-15(2)9-10-26-23/h7-14H,5-6H2,1-4H3. The van der Waals surface area contributed by atoms with Crippen LogP contribution in [0.4, 0.5) is 0 Å². The smallest absolute Gasteiger partial charge is 0.282 e. The summed E-state index contributed by atoms with van der Waals surface area (Å²) < 4.78 is 4.36. The SMILES string of the molecule is CCCc1nc2ccc(Br)cc2c(=O)n1N=Cc1cc(C)n(-c2cc(C)ccn2)c1C. The van der Waals surface area contributed by atoms with E-state index in [1.54, 1.807) is 12.3 Å². The molecule has 0 unspecified atom stereocenters. The molecule has 4 rings (SSSR count). The lowest BCUT2D eigenvalue weighted by atomic mass is 10.2. The van der Waals surface area contributed by atoms with E-state index in [1.807, 2.05) is 38.2 Å². The molecule has 0 bridgehead atoms. The zero-order chi connectivity index (χ0) is 22.1. The number of benzene rings is 1. The van der Waals surface area contributed by atoms with Crippen molar-refractivity contribution >= 4 is 33.0 Å². The van der Waals surface area contributed by atoms with E-state index in [0.717, 1.165) is 39.2 Å². The summed E-state index contributed by atoms with van der Waals surface area (Å²) in [5.74, 6) is 1.53. The highest BCUT2D eigenvalue weighted by molar-refractivity contribution is 9.10. The summed E-state index contributed by atoms with van der Waals surface area (Å²) >= 11 is 3.44. The summed E-state index contributed by atoms with van der Waals surface area (Å²) in [6.07, 6.45) is 5.09. The van der Waals surface area contributed by atoms with Crippen LogP contribution < -0.4 is 5.56 Å². The van der Waals surface area contributed by atoms with Crippen molar-refractivity contribution < 1.29 is 0 Å². The van der Waals surface area contributed by atoms with E-state index >= 15 is 0 Å². The Morgan fingerprint density at radius 3 is 2.68 bits per heavy atom. The van der Waals surface area contributed by atoms with E-state index in [9.17, 15) is 4.79 Å². The van der Waals surface area contributed by atoms with Crippen LogP contribution in [0.2, 0.25) is 0 Å².